The lowest BCUT2D eigenvalue weighted by molar-refractivity contribution is -0.0183. The van der Waals surface area contributed by atoms with Crippen molar-refractivity contribution in [3.8, 4) is 5.75 Å². The predicted molar refractivity (Wildman–Crippen MR) is 65.7 cm³/mol. The van der Waals surface area contributed by atoms with Crippen molar-refractivity contribution in [1.29, 1.82) is 0 Å². The minimum absolute atomic E-state index is 0.0815. The number of ether oxygens (including phenoxy) is 2. The first kappa shape index (κ1) is 12.9. The van der Waals surface area contributed by atoms with Crippen LogP contribution in [0.3, 0.4) is 0 Å². The van der Waals surface area contributed by atoms with Gasteiger partial charge in [-0.3, -0.25) is 4.79 Å². The molecule has 1 aromatic rings. The van der Waals surface area contributed by atoms with Crippen molar-refractivity contribution in [1.82, 2.24) is 4.90 Å². The molecule has 0 radical (unpaired) electrons. The van der Waals surface area contributed by atoms with E-state index in [9.17, 15) is 9.90 Å². The van der Waals surface area contributed by atoms with E-state index in [1.54, 1.807) is 36.3 Å². The van der Waals surface area contributed by atoms with Gasteiger partial charge in [0, 0.05) is 12.1 Å². The van der Waals surface area contributed by atoms with E-state index in [-0.39, 0.29) is 18.6 Å². The van der Waals surface area contributed by atoms with Gasteiger partial charge in [-0.15, -0.1) is 0 Å². The Balaban J connectivity index is 2.13. The van der Waals surface area contributed by atoms with Crippen molar-refractivity contribution in [3.63, 3.8) is 0 Å². The number of aliphatic hydroxyl groups excluding tert-OH is 1. The molecule has 18 heavy (non-hydrogen) atoms. The van der Waals surface area contributed by atoms with E-state index in [1.165, 1.54) is 0 Å². The summed E-state index contributed by atoms with van der Waals surface area (Å²) in [6.45, 7) is 1.33. The molecule has 0 saturated carbocycles. The second-order valence-electron chi connectivity index (χ2n) is 4.14. The molecular formula is C13H17NO4. The van der Waals surface area contributed by atoms with Gasteiger partial charge < -0.3 is 19.5 Å². The van der Waals surface area contributed by atoms with E-state index in [1.807, 2.05) is 0 Å². The molecule has 0 aromatic heterocycles. The molecule has 0 aliphatic carbocycles. The first-order valence-electron chi connectivity index (χ1n) is 5.90. The van der Waals surface area contributed by atoms with Crippen LogP contribution in [0.15, 0.2) is 24.3 Å². The van der Waals surface area contributed by atoms with Gasteiger partial charge in [-0.2, -0.15) is 0 Å². The van der Waals surface area contributed by atoms with Crippen LogP contribution in [0.4, 0.5) is 0 Å². The van der Waals surface area contributed by atoms with Crippen LogP contribution in [0.1, 0.15) is 10.4 Å². The number of morpholine rings is 1. The quantitative estimate of drug-likeness (QED) is 0.851. The minimum atomic E-state index is -0.256. The summed E-state index contributed by atoms with van der Waals surface area (Å²) < 4.78 is 10.3. The third-order valence-electron chi connectivity index (χ3n) is 3.04. The van der Waals surface area contributed by atoms with Crippen molar-refractivity contribution in [3.05, 3.63) is 29.8 Å². The summed E-state index contributed by atoms with van der Waals surface area (Å²) in [5.41, 5.74) is 0.594. The van der Waals surface area contributed by atoms with Crippen molar-refractivity contribution in [2.75, 3.05) is 33.5 Å². The fourth-order valence-corrected chi connectivity index (χ4v) is 1.97. The number of amides is 1. The molecule has 5 heteroatoms. The number of hydrogen-bond donors (Lipinski definition) is 1. The number of hydrogen-bond acceptors (Lipinski definition) is 4. The summed E-state index contributed by atoms with van der Waals surface area (Å²) in [5.74, 6) is 0.632. The standard InChI is InChI=1S/C13H17NO4/c1-17-12-4-2-10(3-5-12)13(16)14-6-7-18-9-11(14)8-15/h2-5,11,15H,6-9H2,1H3/t11-/m1/s1. The fourth-order valence-electron chi connectivity index (χ4n) is 1.97. The molecule has 1 atom stereocenters. The van der Waals surface area contributed by atoms with Gasteiger partial charge in [0.25, 0.3) is 5.91 Å². The minimum Gasteiger partial charge on any atom is -0.497 e. The molecule has 1 aliphatic rings. The topological polar surface area (TPSA) is 59.0 Å². The van der Waals surface area contributed by atoms with Crippen LogP contribution < -0.4 is 4.74 Å². The summed E-state index contributed by atoms with van der Waals surface area (Å²) in [4.78, 5) is 13.9. The molecule has 0 bridgehead atoms. The Morgan fingerprint density at radius 3 is 2.83 bits per heavy atom. The molecule has 1 aliphatic heterocycles. The van der Waals surface area contributed by atoms with Crippen molar-refractivity contribution in [2.24, 2.45) is 0 Å². The number of carbonyl (C=O) groups is 1. The average Bonchev–Trinajstić information content (AvgIpc) is 2.46. The molecule has 1 aromatic carbocycles. The third-order valence-corrected chi connectivity index (χ3v) is 3.04. The molecule has 1 heterocycles. The highest BCUT2D eigenvalue weighted by Crippen LogP contribution is 2.16. The largest absolute Gasteiger partial charge is 0.497 e. The van der Waals surface area contributed by atoms with Gasteiger partial charge in [0.2, 0.25) is 0 Å². The molecular weight excluding hydrogens is 234 g/mol. The highest BCUT2D eigenvalue weighted by Gasteiger charge is 2.27. The average molecular weight is 251 g/mol. The van der Waals surface area contributed by atoms with Crippen molar-refractivity contribution < 1.29 is 19.4 Å². The molecule has 0 unspecified atom stereocenters. The second kappa shape index (κ2) is 5.84. The molecule has 1 amide bonds. The Kier molecular flexibility index (Phi) is 4.17. The summed E-state index contributed by atoms with van der Waals surface area (Å²) >= 11 is 0. The number of rotatable bonds is 3. The van der Waals surface area contributed by atoms with Crippen LogP contribution in [0.5, 0.6) is 5.75 Å². The lowest BCUT2D eigenvalue weighted by atomic mass is 10.1. The maximum atomic E-state index is 12.3. The summed E-state index contributed by atoms with van der Waals surface area (Å²) in [6, 6.07) is 6.70. The van der Waals surface area contributed by atoms with Crippen LogP contribution in [-0.2, 0) is 4.74 Å². The number of methoxy groups -OCH3 is 1. The second-order valence-corrected chi connectivity index (χ2v) is 4.14. The Labute approximate surface area is 106 Å². The van der Waals surface area contributed by atoms with Crippen molar-refractivity contribution in [2.45, 2.75) is 6.04 Å². The van der Waals surface area contributed by atoms with Gasteiger partial charge in [-0.25, -0.2) is 0 Å². The molecule has 1 fully saturated rings. The van der Waals surface area contributed by atoms with E-state index in [2.05, 4.69) is 0 Å². The molecule has 2 rings (SSSR count). The zero-order chi connectivity index (χ0) is 13.0. The van der Waals surface area contributed by atoms with Gasteiger partial charge >= 0.3 is 0 Å². The molecule has 0 spiro atoms. The van der Waals surface area contributed by atoms with Gasteiger partial charge in [-0.05, 0) is 24.3 Å². The van der Waals surface area contributed by atoms with Gasteiger partial charge in [0.1, 0.15) is 5.75 Å². The van der Waals surface area contributed by atoms with Crippen LogP contribution in [0, 0.1) is 0 Å². The monoisotopic (exact) mass is 251 g/mol. The Morgan fingerprint density at radius 1 is 1.50 bits per heavy atom. The van der Waals surface area contributed by atoms with E-state index >= 15 is 0 Å². The van der Waals surface area contributed by atoms with Gasteiger partial charge in [-0.1, -0.05) is 0 Å². The Morgan fingerprint density at radius 2 is 2.22 bits per heavy atom. The van der Waals surface area contributed by atoms with Gasteiger partial charge in [0.05, 0.1) is 33.0 Å². The summed E-state index contributed by atoms with van der Waals surface area (Å²) in [7, 11) is 1.58. The fraction of sp³-hybridized carbons (Fsp3) is 0.462. The molecule has 5 nitrogen and oxygen atoms in total. The Hall–Kier alpha value is -1.59. The summed E-state index contributed by atoms with van der Waals surface area (Å²) in [5, 5.41) is 9.25. The number of carbonyl (C=O) groups excluding carboxylic acids is 1. The van der Waals surface area contributed by atoms with Crippen molar-refractivity contribution >= 4 is 5.91 Å². The molecule has 1 saturated heterocycles. The number of nitrogens with zero attached hydrogens (tertiary/aromatic N) is 1. The van der Waals surface area contributed by atoms with Crippen LogP contribution in [-0.4, -0.2) is 55.4 Å². The normalized spacial score (nSPS) is 19.7. The van der Waals surface area contributed by atoms with Crippen LogP contribution in [0.25, 0.3) is 0 Å². The first-order chi connectivity index (χ1) is 8.76. The van der Waals surface area contributed by atoms with Crippen LogP contribution >= 0.6 is 0 Å². The Bertz CT molecular complexity index is 404. The molecule has 1 N–H and O–H groups in total. The highest BCUT2D eigenvalue weighted by molar-refractivity contribution is 5.94. The lowest BCUT2D eigenvalue weighted by Crippen LogP contribution is -2.50. The van der Waals surface area contributed by atoms with Gasteiger partial charge in [0.15, 0.2) is 0 Å². The zero-order valence-electron chi connectivity index (χ0n) is 10.3. The van der Waals surface area contributed by atoms with E-state index in [0.717, 1.165) is 0 Å². The van der Waals surface area contributed by atoms with E-state index in [0.29, 0.717) is 31.1 Å². The lowest BCUT2D eigenvalue weighted by Gasteiger charge is -2.34. The zero-order valence-corrected chi connectivity index (χ0v) is 10.3. The maximum Gasteiger partial charge on any atom is 0.254 e. The summed E-state index contributed by atoms with van der Waals surface area (Å²) in [6.07, 6.45) is 0. The smallest absolute Gasteiger partial charge is 0.254 e. The van der Waals surface area contributed by atoms with E-state index in [4.69, 9.17) is 9.47 Å². The van der Waals surface area contributed by atoms with E-state index < -0.39 is 0 Å². The number of aliphatic hydroxyl groups is 1. The first-order valence-corrected chi connectivity index (χ1v) is 5.90. The van der Waals surface area contributed by atoms with Crippen LogP contribution in [0.2, 0.25) is 0 Å². The third kappa shape index (κ3) is 2.63. The SMILES string of the molecule is COc1ccc(C(=O)N2CCOC[C@H]2CO)cc1. The predicted octanol–water partition coefficient (Wildman–Crippen LogP) is 0.528. The number of benzene rings is 1. The highest BCUT2D eigenvalue weighted by atomic mass is 16.5. The maximum absolute atomic E-state index is 12.3. The molecule has 98 valence electrons.